The van der Waals surface area contributed by atoms with Crippen LogP contribution in [-0.2, 0) is 17.8 Å². The molecule has 0 fully saturated rings. The summed E-state index contributed by atoms with van der Waals surface area (Å²) in [6.07, 6.45) is 3.47. The van der Waals surface area contributed by atoms with E-state index < -0.39 is 0 Å². The van der Waals surface area contributed by atoms with Gasteiger partial charge in [0.15, 0.2) is 0 Å². The Kier molecular flexibility index (Phi) is 6.16. The topological polar surface area (TPSA) is 38.3 Å². The maximum atomic E-state index is 12.2. The number of carbonyl (C=O) groups excluding carboxylic acids is 1. The van der Waals surface area contributed by atoms with E-state index in [0.29, 0.717) is 12.2 Å². The van der Waals surface area contributed by atoms with Gasteiger partial charge < -0.3 is 10.1 Å². The summed E-state index contributed by atoms with van der Waals surface area (Å²) in [4.78, 5) is 12.2. The third-order valence-corrected chi connectivity index (χ3v) is 3.56. The summed E-state index contributed by atoms with van der Waals surface area (Å²) in [5.41, 5.74) is 3.84. The van der Waals surface area contributed by atoms with E-state index in [4.69, 9.17) is 4.74 Å². The van der Waals surface area contributed by atoms with Gasteiger partial charge in [0.25, 0.3) is 5.91 Å². The molecule has 2 rings (SSSR count). The highest BCUT2D eigenvalue weighted by Crippen LogP contribution is 2.14. The summed E-state index contributed by atoms with van der Waals surface area (Å²) in [6, 6.07) is 15.5. The number of rotatable bonds is 7. The number of ether oxygens (including phenoxy) is 1. The van der Waals surface area contributed by atoms with Crippen molar-refractivity contribution in [3.8, 4) is 0 Å². The molecular weight excluding hydrogens is 274 g/mol. The van der Waals surface area contributed by atoms with E-state index in [0.717, 1.165) is 17.7 Å². The Morgan fingerprint density at radius 3 is 2.23 bits per heavy atom. The van der Waals surface area contributed by atoms with Crippen LogP contribution in [-0.4, -0.2) is 13.0 Å². The predicted molar refractivity (Wildman–Crippen MR) is 90.2 cm³/mol. The van der Waals surface area contributed by atoms with Gasteiger partial charge in [-0.05, 0) is 48.2 Å². The summed E-state index contributed by atoms with van der Waals surface area (Å²) >= 11 is 0. The third kappa shape index (κ3) is 4.71. The van der Waals surface area contributed by atoms with Crippen LogP contribution in [0, 0.1) is 0 Å². The number of hydrogen-bond donors (Lipinski definition) is 1. The lowest BCUT2D eigenvalue weighted by molar-refractivity contribution is 0.102. The summed E-state index contributed by atoms with van der Waals surface area (Å²) in [5, 5.41) is 2.92. The molecule has 0 radical (unpaired) electrons. The predicted octanol–water partition coefficient (Wildman–Crippen LogP) is 4.43. The molecule has 0 spiro atoms. The first-order valence-electron chi connectivity index (χ1n) is 7.71. The fraction of sp³-hybridized carbons (Fsp3) is 0.316. The first-order valence-corrected chi connectivity index (χ1v) is 7.71. The van der Waals surface area contributed by atoms with Gasteiger partial charge in [-0.2, -0.15) is 0 Å². The Balaban J connectivity index is 1.96. The average molecular weight is 297 g/mol. The molecule has 0 atom stereocenters. The molecule has 0 aliphatic rings. The standard InChI is InChI=1S/C19H23NO2/c1-3-4-5-15-8-12-18(13-9-15)20-19(21)17-10-6-16(7-11-17)14-22-2/h6-13H,3-5,14H2,1-2H3,(H,20,21). The van der Waals surface area contributed by atoms with Gasteiger partial charge in [-0.25, -0.2) is 0 Å². The van der Waals surface area contributed by atoms with Crippen molar-refractivity contribution in [2.45, 2.75) is 32.8 Å². The third-order valence-electron chi connectivity index (χ3n) is 3.56. The van der Waals surface area contributed by atoms with Gasteiger partial charge in [0.05, 0.1) is 6.61 Å². The number of benzene rings is 2. The van der Waals surface area contributed by atoms with Crippen molar-refractivity contribution in [2.75, 3.05) is 12.4 Å². The second-order valence-electron chi connectivity index (χ2n) is 5.38. The van der Waals surface area contributed by atoms with E-state index in [2.05, 4.69) is 24.4 Å². The van der Waals surface area contributed by atoms with Crippen LogP contribution in [0.1, 0.15) is 41.3 Å². The van der Waals surface area contributed by atoms with Gasteiger partial charge in [-0.3, -0.25) is 4.79 Å². The molecule has 0 bridgehead atoms. The highest BCUT2D eigenvalue weighted by molar-refractivity contribution is 6.04. The van der Waals surface area contributed by atoms with Crippen molar-refractivity contribution < 1.29 is 9.53 Å². The van der Waals surface area contributed by atoms with Crippen LogP contribution in [0.3, 0.4) is 0 Å². The minimum Gasteiger partial charge on any atom is -0.380 e. The molecule has 3 heteroatoms. The Bertz CT molecular complexity index is 588. The van der Waals surface area contributed by atoms with Gasteiger partial charge in [-0.1, -0.05) is 37.6 Å². The van der Waals surface area contributed by atoms with Crippen LogP contribution >= 0.6 is 0 Å². The summed E-state index contributed by atoms with van der Waals surface area (Å²) in [7, 11) is 1.66. The molecule has 3 nitrogen and oxygen atoms in total. The van der Waals surface area contributed by atoms with E-state index in [1.807, 2.05) is 36.4 Å². The highest BCUT2D eigenvalue weighted by atomic mass is 16.5. The zero-order chi connectivity index (χ0) is 15.8. The van der Waals surface area contributed by atoms with Crippen molar-refractivity contribution in [1.29, 1.82) is 0 Å². The number of aryl methyl sites for hydroxylation is 1. The van der Waals surface area contributed by atoms with Crippen molar-refractivity contribution in [2.24, 2.45) is 0 Å². The number of nitrogens with one attached hydrogen (secondary N) is 1. The summed E-state index contributed by atoms with van der Waals surface area (Å²) in [6.45, 7) is 2.74. The molecule has 22 heavy (non-hydrogen) atoms. The number of methoxy groups -OCH3 is 1. The molecule has 0 aliphatic heterocycles. The molecule has 0 saturated heterocycles. The highest BCUT2D eigenvalue weighted by Gasteiger charge is 2.06. The first kappa shape index (κ1) is 16.2. The van der Waals surface area contributed by atoms with E-state index in [-0.39, 0.29) is 5.91 Å². The maximum absolute atomic E-state index is 12.2. The van der Waals surface area contributed by atoms with Gasteiger partial charge in [0.1, 0.15) is 0 Å². The molecule has 0 heterocycles. The Morgan fingerprint density at radius 2 is 1.64 bits per heavy atom. The van der Waals surface area contributed by atoms with Crippen LogP contribution in [0.15, 0.2) is 48.5 Å². The number of anilines is 1. The molecule has 0 saturated carbocycles. The van der Waals surface area contributed by atoms with Gasteiger partial charge in [0.2, 0.25) is 0 Å². The lowest BCUT2D eigenvalue weighted by Gasteiger charge is -2.07. The van der Waals surface area contributed by atoms with Crippen LogP contribution in [0.4, 0.5) is 5.69 Å². The number of carbonyl (C=O) groups is 1. The number of amides is 1. The van der Waals surface area contributed by atoms with E-state index >= 15 is 0 Å². The molecular formula is C19H23NO2. The molecule has 1 amide bonds. The molecule has 0 aliphatic carbocycles. The second-order valence-corrected chi connectivity index (χ2v) is 5.38. The number of hydrogen-bond acceptors (Lipinski definition) is 2. The lowest BCUT2D eigenvalue weighted by Crippen LogP contribution is -2.11. The summed E-state index contributed by atoms with van der Waals surface area (Å²) in [5.74, 6) is -0.0923. The zero-order valence-corrected chi connectivity index (χ0v) is 13.3. The van der Waals surface area contributed by atoms with E-state index in [1.54, 1.807) is 7.11 Å². The minimum absolute atomic E-state index is 0.0923. The second kappa shape index (κ2) is 8.35. The minimum atomic E-state index is -0.0923. The fourth-order valence-electron chi connectivity index (χ4n) is 2.26. The SMILES string of the molecule is CCCCc1ccc(NC(=O)c2ccc(COC)cc2)cc1. The average Bonchev–Trinajstić information content (AvgIpc) is 2.55. The lowest BCUT2D eigenvalue weighted by atomic mass is 10.1. The smallest absolute Gasteiger partial charge is 0.255 e. The van der Waals surface area contributed by atoms with Gasteiger partial charge in [-0.15, -0.1) is 0 Å². The van der Waals surface area contributed by atoms with Crippen molar-refractivity contribution in [3.63, 3.8) is 0 Å². The first-order chi connectivity index (χ1) is 10.7. The van der Waals surface area contributed by atoms with Gasteiger partial charge in [0, 0.05) is 18.4 Å². The largest absolute Gasteiger partial charge is 0.380 e. The Morgan fingerprint density at radius 1 is 1.00 bits per heavy atom. The Hall–Kier alpha value is -2.13. The van der Waals surface area contributed by atoms with E-state index in [9.17, 15) is 4.79 Å². The van der Waals surface area contributed by atoms with Crippen LogP contribution < -0.4 is 5.32 Å². The molecule has 0 aromatic heterocycles. The van der Waals surface area contributed by atoms with Crippen molar-refractivity contribution in [3.05, 3.63) is 65.2 Å². The fourth-order valence-corrected chi connectivity index (χ4v) is 2.26. The molecule has 1 N–H and O–H groups in total. The molecule has 0 unspecified atom stereocenters. The molecule has 116 valence electrons. The van der Waals surface area contributed by atoms with E-state index in [1.165, 1.54) is 18.4 Å². The van der Waals surface area contributed by atoms with Crippen LogP contribution in [0.2, 0.25) is 0 Å². The van der Waals surface area contributed by atoms with Crippen molar-refractivity contribution >= 4 is 11.6 Å². The Labute approximate surface area is 132 Å². The molecule has 2 aromatic rings. The number of unbranched alkanes of at least 4 members (excludes halogenated alkanes) is 1. The van der Waals surface area contributed by atoms with Crippen LogP contribution in [0.25, 0.3) is 0 Å². The van der Waals surface area contributed by atoms with Gasteiger partial charge >= 0.3 is 0 Å². The summed E-state index contributed by atoms with van der Waals surface area (Å²) < 4.78 is 5.06. The van der Waals surface area contributed by atoms with Crippen LogP contribution in [0.5, 0.6) is 0 Å². The molecule has 2 aromatic carbocycles. The van der Waals surface area contributed by atoms with Crippen molar-refractivity contribution in [1.82, 2.24) is 0 Å². The zero-order valence-electron chi connectivity index (χ0n) is 13.3. The quantitative estimate of drug-likeness (QED) is 0.821. The monoisotopic (exact) mass is 297 g/mol. The maximum Gasteiger partial charge on any atom is 0.255 e. The normalized spacial score (nSPS) is 10.5.